The Balaban J connectivity index is 1.66. The first-order valence-corrected chi connectivity index (χ1v) is 9.19. The molecule has 1 N–H and O–H groups in total. The van der Waals surface area contributed by atoms with E-state index in [1.165, 1.54) is 0 Å². The fraction of sp³-hybridized carbons (Fsp3) is 0.429. The molecule has 0 aliphatic carbocycles. The number of benzene rings is 1. The predicted molar refractivity (Wildman–Crippen MR) is 102 cm³/mol. The van der Waals surface area contributed by atoms with E-state index < -0.39 is 5.41 Å². The highest BCUT2D eigenvalue weighted by atomic mass is 16.5. The summed E-state index contributed by atoms with van der Waals surface area (Å²) in [6, 6.07) is 13.9. The van der Waals surface area contributed by atoms with E-state index >= 15 is 0 Å². The zero-order valence-corrected chi connectivity index (χ0v) is 15.5. The first-order valence-electron chi connectivity index (χ1n) is 9.19. The van der Waals surface area contributed by atoms with Gasteiger partial charge in [0, 0.05) is 6.20 Å². The van der Waals surface area contributed by atoms with Gasteiger partial charge in [0.05, 0.1) is 18.2 Å². The van der Waals surface area contributed by atoms with Crippen LogP contribution >= 0.6 is 0 Å². The second kappa shape index (κ2) is 8.32. The summed E-state index contributed by atoms with van der Waals surface area (Å²) in [5, 5.41) is 3.12. The molecule has 26 heavy (non-hydrogen) atoms. The quantitative estimate of drug-likeness (QED) is 0.867. The Kier molecular flexibility index (Phi) is 5.89. The van der Waals surface area contributed by atoms with Crippen LogP contribution in [0.5, 0.6) is 5.75 Å². The summed E-state index contributed by atoms with van der Waals surface area (Å²) in [6.07, 6.45) is 4.93. The number of nitrogens with one attached hydrogen (secondary N) is 1. The minimum atomic E-state index is -0.457. The van der Waals surface area contributed by atoms with Crippen molar-refractivity contribution in [1.29, 1.82) is 0 Å². The Morgan fingerprint density at radius 2 is 1.96 bits per heavy atom. The van der Waals surface area contributed by atoms with Gasteiger partial charge in [-0.1, -0.05) is 30.3 Å². The summed E-state index contributed by atoms with van der Waals surface area (Å²) >= 11 is 0. The molecule has 2 heterocycles. The number of rotatable bonds is 6. The summed E-state index contributed by atoms with van der Waals surface area (Å²) < 4.78 is 5.82. The lowest BCUT2D eigenvalue weighted by atomic mass is 9.72. The molecule has 1 aliphatic heterocycles. The number of carbonyl (C=O) groups excluding carboxylic acids is 1. The Morgan fingerprint density at radius 1 is 1.23 bits per heavy atom. The SMILES string of the molecule is CC(CNC(=O)C1(c2ccccc2)CCN(C)CC1)Oc1cccnc1. The van der Waals surface area contributed by atoms with Crippen LogP contribution in [0.3, 0.4) is 0 Å². The topological polar surface area (TPSA) is 54.5 Å². The van der Waals surface area contributed by atoms with Crippen molar-refractivity contribution in [3.05, 3.63) is 60.4 Å². The van der Waals surface area contributed by atoms with Crippen molar-refractivity contribution in [2.75, 3.05) is 26.7 Å². The fourth-order valence-electron chi connectivity index (χ4n) is 3.50. The largest absolute Gasteiger partial charge is 0.487 e. The highest BCUT2D eigenvalue weighted by Crippen LogP contribution is 2.35. The van der Waals surface area contributed by atoms with Crippen LogP contribution in [0, 0.1) is 0 Å². The zero-order valence-electron chi connectivity index (χ0n) is 15.5. The van der Waals surface area contributed by atoms with Gasteiger partial charge in [0.1, 0.15) is 11.9 Å². The van der Waals surface area contributed by atoms with E-state index in [2.05, 4.69) is 34.4 Å². The normalized spacial score (nSPS) is 18.1. The van der Waals surface area contributed by atoms with E-state index in [9.17, 15) is 4.79 Å². The Hall–Kier alpha value is -2.40. The molecule has 0 spiro atoms. The number of amides is 1. The summed E-state index contributed by atoms with van der Waals surface area (Å²) in [4.78, 5) is 19.5. The molecule has 138 valence electrons. The maximum Gasteiger partial charge on any atom is 0.230 e. The molecular formula is C21H27N3O2. The molecule has 1 saturated heterocycles. The van der Waals surface area contributed by atoms with E-state index in [0.717, 1.165) is 31.5 Å². The van der Waals surface area contributed by atoms with Crippen molar-refractivity contribution >= 4 is 5.91 Å². The van der Waals surface area contributed by atoms with Crippen LogP contribution in [-0.2, 0) is 10.2 Å². The van der Waals surface area contributed by atoms with Crippen molar-refractivity contribution in [3.8, 4) is 5.75 Å². The lowest BCUT2D eigenvalue weighted by Crippen LogP contribution is -2.52. The second-order valence-electron chi connectivity index (χ2n) is 7.08. The molecule has 1 aliphatic rings. The third-order valence-corrected chi connectivity index (χ3v) is 5.12. The molecule has 3 rings (SSSR count). The minimum absolute atomic E-state index is 0.0958. The van der Waals surface area contributed by atoms with Gasteiger partial charge in [-0.2, -0.15) is 0 Å². The van der Waals surface area contributed by atoms with Crippen LogP contribution in [0.1, 0.15) is 25.3 Å². The number of hydrogen-bond acceptors (Lipinski definition) is 4. The molecule has 1 unspecified atom stereocenters. The number of pyridine rings is 1. The van der Waals surface area contributed by atoms with E-state index in [1.807, 2.05) is 37.3 Å². The summed E-state index contributed by atoms with van der Waals surface area (Å²) in [6.45, 7) is 4.27. The first-order chi connectivity index (χ1) is 12.6. The van der Waals surface area contributed by atoms with Crippen molar-refractivity contribution in [2.24, 2.45) is 0 Å². The summed E-state index contributed by atoms with van der Waals surface area (Å²) in [5.41, 5.74) is 0.647. The zero-order chi connectivity index (χ0) is 18.4. The van der Waals surface area contributed by atoms with Crippen molar-refractivity contribution < 1.29 is 9.53 Å². The second-order valence-corrected chi connectivity index (χ2v) is 7.08. The summed E-state index contributed by atoms with van der Waals surface area (Å²) in [5.74, 6) is 0.810. The number of likely N-dealkylation sites (tertiary alicyclic amines) is 1. The van der Waals surface area contributed by atoms with Crippen LogP contribution in [0.25, 0.3) is 0 Å². The third kappa shape index (κ3) is 4.22. The number of aromatic nitrogens is 1. The molecule has 2 aromatic rings. The van der Waals surface area contributed by atoms with Gasteiger partial charge in [0.2, 0.25) is 5.91 Å². The number of ether oxygens (including phenoxy) is 1. The third-order valence-electron chi connectivity index (χ3n) is 5.12. The molecule has 5 nitrogen and oxygen atoms in total. The lowest BCUT2D eigenvalue weighted by Gasteiger charge is -2.40. The van der Waals surface area contributed by atoms with Gasteiger partial charge in [-0.05, 0) is 57.6 Å². The average Bonchev–Trinajstić information content (AvgIpc) is 2.68. The summed E-state index contributed by atoms with van der Waals surface area (Å²) in [7, 11) is 2.11. The maximum absolute atomic E-state index is 13.2. The van der Waals surface area contributed by atoms with Gasteiger partial charge < -0.3 is 15.0 Å². The van der Waals surface area contributed by atoms with Crippen LogP contribution in [0.2, 0.25) is 0 Å². The number of nitrogens with zero attached hydrogens (tertiary/aromatic N) is 2. The van der Waals surface area contributed by atoms with Crippen molar-refractivity contribution in [3.63, 3.8) is 0 Å². The van der Waals surface area contributed by atoms with Crippen LogP contribution in [0.15, 0.2) is 54.9 Å². The van der Waals surface area contributed by atoms with Gasteiger partial charge >= 0.3 is 0 Å². The molecule has 1 atom stereocenters. The van der Waals surface area contributed by atoms with Crippen molar-refractivity contribution in [1.82, 2.24) is 15.2 Å². The standard InChI is InChI=1S/C21H27N3O2/c1-17(26-19-9-6-12-22-16-19)15-23-20(25)21(10-13-24(2)14-11-21)18-7-4-3-5-8-18/h3-9,12,16-17H,10-11,13-15H2,1-2H3,(H,23,25). The van der Waals surface area contributed by atoms with Crippen LogP contribution in [0.4, 0.5) is 0 Å². The number of carbonyl (C=O) groups is 1. The predicted octanol–water partition coefficient (Wildman–Crippen LogP) is 2.63. The van der Waals surface area contributed by atoms with Crippen LogP contribution in [-0.4, -0.2) is 48.6 Å². The molecule has 0 saturated carbocycles. The number of hydrogen-bond donors (Lipinski definition) is 1. The first kappa shape index (κ1) is 18.4. The average molecular weight is 353 g/mol. The highest BCUT2D eigenvalue weighted by molar-refractivity contribution is 5.88. The van der Waals surface area contributed by atoms with E-state index in [-0.39, 0.29) is 12.0 Å². The highest BCUT2D eigenvalue weighted by Gasteiger charge is 2.42. The van der Waals surface area contributed by atoms with E-state index in [0.29, 0.717) is 12.3 Å². The fourth-order valence-corrected chi connectivity index (χ4v) is 3.50. The Labute approximate surface area is 155 Å². The molecule has 0 radical (unpaired) electrons. The van der Waals surface area contributed by atoms with Gasteiger partial charge in [0.15, 0.2) is 0 Å². The molecule has 1 amide bonds. The van der Waals surface area contributed by atoms with Crippen LogP contribution < -0.4 is 10.1 Å². The molecule has 0 bridgehead atoms. The molecule has 5 heteroatoms. The molecule has 1 aromatic carbocycles. The van der Waals surface area contributed by atoms with E-state index in [4.69, 9.17) is 4.74 Å². The van der Waals surface area contributed by atoms with E-state index in [1.54, 1.807) is 12.4 Å². The minimum Gasteiger partial charge on any atom is -0.487 e. The van der Waals surface area contributed by atoms with Gasteiger partial charge in [-0.15, -0.1) is 0 Å². The van der Waals surface area contributed by atoms with Gasteiger partial charge in [-0.3, -0.25) is 9.78 Å². The van der Waals surface area contributed by atoms with Gasteiger partial charge in [-0.25, -0.2) is 0 Å². The van der Waals surface area contributed by atoms with Gasteiger partial charge in [0.25, 0.3) is 0 Å². The molecule has 1 aromatic heterocycles. The lowest BCUT2D eigenvalue weighted by molar-refractivity contribution is -0.128. The molecule has 1 fully saturated rings. The maximum atomic E-state index is 13.2. The molecular weight excluding hydrogens is 326 g/mol. The Morgan fingerprint density at radius 3 is 2.62 bits per heavy atom. The smallest absolute Gasteiger partial charge is 0.230 e. The monoisotopic (exact) mass is 353 g/mol. The number of piperidine rings is 1. The Bertz CT molecular complexity index is 698. The van der Waals surface area contributed by atoms with Crippen molar-refractivity contribution in [2.45, 2.75) is 31.3 Å².